The van der Waals surface area contributed by atoms with Crippen molar-refractivity contribution in [1.29, 1.82) is 0 Å². The molecular formula is C10H15NO3S2. The van der Waals surface area contributed by atoms with Crippen LogP contribution < -0.4 is 0 Å². The molecule has 1 fully saturated rings. The normalized spacial score (nSPS) is 23.1. The Morgan fingerprint density at radius 1 is 1.50 bits per heavy atom. The fourth-order valence-corrected chi connectivity index (χ4v) is 4.12. The second-order valence-electron chi connectivity index (χ2n) is 3.95. The van der Waals surface area contributed by atoms with Crippen LogP contribution in [0, 0.1) is 0 Å². The highest BCUT2D eigenvalue weighted by atomic mass is 32.2. The summed E-state index contributed by atoms with van der Waals surface area (Å²) in [7, 11) is -3.13. The Morgan fingerprint density at radius 2 is 2.31 bits per heavy atom. The Morgan fingerprint density at radius 3 is 2.94 bits per heavy atom. The van der Waals surface area contributed by atoms with Crippen LogP contribution in [0.1, 0.15) is 24.5 Å². The molecule has 16 heavy (non-hydrogen) atoms. The number of hydrogen-bond acceptors (Lipinski definition) is 4. The van der Waals surface area contributed by atoms with Crippen LogP contribution in [0.25, 0.3) is 0 Å². The van der Waals surface area contributed by atoms with E-state index in [-0.39, 0.29) is 12.3 Å². The van der Waals surface area contributed by atoms with E-state index in [4.69, 9.17) is 0 Å². The minimum absolute atomic E-state index is 0.180. The Balaban J connectivity index is 2.04. The van der Waals surface area contributed by atoms with E-state index in [2.05, 4.69) is 0 Å². The van der Waals surface area contributed by atoms with Crippen molar-refractivity contribution in [2.45, 2.75) is 18.9 Å². The van der Waals surface area contributed by atoms with Gasteiger partial charge in [0, 0.05) is 13.1 Å². The van der Waals surface area contributed by atoms with E-state index in [1.54, 1.807) is 0 Å². The molecule has 4 nitrogen and oxygen atoms in total. The lowest BCUT2D eigenvalue weighted by Gasteiger charge is -2.27. The van der Waals surface area contributed by atoms with Crippen molar-refractivity contribution in [2.24, 2.45) is 0 Å². The molecule has 0 radical (unpaired) electrons. The molecule has 1 aromatic rings. The van der Waals surface area contributed by atoms with E-state index >= 15 is 0 Å². The molecule has 6 heteroatoms. The van der Waals surface area contributed by atoms with Crippen molar-refractivity contribution >= 4 is 21.4 Å². The van der Waals surface area contributed by atoms with Gasteiger partial charge in [-0.15, -0.1) is 0 Å². The van der Waals surface area contributed by atoms with Gasteiger partial charge in [0.05, 0.1) is 11.9 Å². The molecular weight excluding hydrogens is 246 g/mol. The van der Waals surface area contributed by atoms with E-state index in [0.717, 1.165) is 18.4 Å². The van der Waals surface area contributed by atoms with Gasteiger partial charge in [0.15, 0.2) is 0 Å². The van der Waals surface area contributed by atoms with Gasteiger partial charge in [-0.3, -0.25) is 0 Å². The van der Waals surface area contributed by atoms with Crippen molar-refractivity contribution in [2.75, 3.05) is 18.8 Å². The van der Waals surface area contributed by atoms with E-state index in [1.165, 1.54) is 15.6 Å². The van der Waals surface area contributed by atoms with Crippen molar-refractivity contribution < 1.29 is 13.5 Å². The number of aliphatic hydroxyl groups excluding tert-OH is 1. The molecule has 0 bridgehead atoms. The highest BCUT2D eigenvalue weighted by molar-refractivity contribution is 7.89. The van der Waals surface area contributed by atoms with Crippen molar-refractivity contribution in [3.8, 4) is 0 Å². The van der Waals surface area contributed by atoms with Gasteiger partial charge in [-0.05, 0) is 35.2 Å². The topological polar surface area (TPSA) is 57.6 Å². The van der Waals surface area contributed by atoms with Gasteiger partial charge >= 0.3 is 0 Å². The lowest BCUT2D eigenvalue weighted by molar-refractivity contribution is 0.145. The summed E-state index contributed by atoms with van der Waals surface area (Å²) < 4.78 is 24.8. The van der Waals surface area contributed by atoms with Crippen molar-refractivity contribution in [3.63, 3.8) is 0 Å². The third-order valence-electron chi connectivity index (χ3n) is 2.76. The van der Waals surface area contributed by atoms with Gasteiger partial charge in [-0.1, -0.05) is 0 Å². The van der Waals surface area contributed by atoms with Crippen LogP contribution in [0.2, 0.25) is 0 Å². The first-order chi connectivity index (χ1) is 7.59. The minimum atomic E-state index is -3.13. The monoisotopic (exact) mass is 261 g/mol. The standard InChI is InChI=1S/C10H15NO3S2/c12-10(9-3-5-15-8-9)7-11-4-1-2-6-16(11,13)14/h3,5,8,10,12H,1-2,4,6-7H2. The van der Waals surface area contributed by atoms with E-state index in [9.17, 15) is 13.5 Å². The summed E-state index contributed by atoms with van der Waals surface area (Å²) in [5.41, 5.74) is 0.797. The Kier molecular flexibility index (Phi) is 3.63. The maximum Gasteiger partial charge on any atom is 0.214 e. The Bertz CT molecular complexity index is 427. The van der Waals surface area contributed by atoms with Gasteiger partial charge in [-0.25, -0.2) is 8.42 Å². The molecule has 1 aliphatic heterocycles. The summed E-state index contributed by atoms with van der Waals surface area (Å²) in [6.45, 7) is 0.711. The van der Waals surface area contributed by atoms with E-state index in [0.29, 0.717) is 6.54 Å². The number of hydrogen-bond donors (Lipinski definition) is 1. The molecule has 0 saturated carbocycles. The van der Waals surface area contributed by atoms with Crippen LogP contribution >= 0.6 is 11.3 Å². The molecule has 0 amide bonds. The molecule has 1 unspecified atom stereocenters. The van der Waals surface area contributed by atoms with Crippen LogP contribution in [-0.2, 0) is 10.0 Å². The number of nitrogens with zero attached hydrogens (tertiary/aromatic N) is 1. The second kappa shape index (κ2) is 4.83. The molecule has 1 aliphatic rings. The molecule has 1 saturated heterocycles. The van der Waals surface area contributed by atoms with Crippen molar-refractivity contribution in [1.82, 2.24) is 4.31 Å². The first-order valence-corrected chi connectivity index (χ1v) is 7.83. The van der Waals surface area contributed by atoms with Gasteiger partial charge in [0.1, 0.15) is 0 Å². The first kappa shape index (κ1) is 12.0. The molecule has 0 aliphatic carbocycles. The fourth-order valence-electron chi connectivity index (χ4n) is 1.81. The molecule has 2 heterocycles. The van der Waals surface area contributed by atoms with Gasteiger partial charge in [0.25, 0.3) is 0 Å². The average molecular weight is 261 g/mol. The lowest BCUT2D eigenvalue weighted by atomic mass is 10.2. The predicted octanol–water partition coefficient (Wildman–Crippen LogP) is 1.21. The van der Waals surface area contributed by atoms with Crippen LogP contribution in [0.5, 0.6) is 0 Å². The van der Waals surface area contributed by atoms with E-state index < -0.39 is 16.1 Å². The summed E-state index contributed by atoms with van der Waals surface area (Å²) in [6, 6.07) is 1.83. The van der Waals surface area contributed by atoms with Crippen molar-refractivity contribution in [3.05, 3.63) is 22.4 Å². The SMILES string of the molecule is O=S1(=O)CCCCN1CC(O)c1ccsc1. The molecule has 1 aromatic heterocycles. The zero-order valence-electron chi connectivity index (χ0n) is 8.87. The molecule has 0 spiro atoms. The number of rotatable bonds is 3. The number of sulfonamides is 1. The fraction of sp³-hybridized carbons (Fsp3) is 0.600. The average Bonchev–Trinajstić information content (AvgIpc) is 2.74. The quantitative estimate of drug-likeness (QED) is 0.889. The van der Waals surface area contributed by atoms with Crippen LogP contribution in [-0.4, -0.2) is 36.7 Å². The first-order valence-electron chi connectivity index (χ1n) is 5.27. The molecule has 1 N–H and O–H groups in total. The van der Waals surface area contributed by atoms with Gasteiger partial charge < -0.3 is 5.11 Å². The third kappa shape index (κ3) is 2.63. The van der Waals surface area contributed by atoms with E-state index in [1.807, 2.05) is 16.8 Å². The van der Waals surface area contributed by atoms with Crippen LogP contribution in [0.4, 0.5) is 0 Å². The van der Waals surface area contributed by atoms with Crippen LogP contribution in [0.15, 0.2) is 16.8 Å². The zero-order valence-corrected chi connectivity index (χ0v) is 10.5. The highest BCUT2D eigenvalue weighted by Gasteiger charge is 2.27. The maximum absolute atomic E-state index is 11.7. The van der Waals surface area contributed by atoms with Gasteiger partial charge in [-0.2, -0.15) is 15.6 Å². The zero-order chi connectivity index (χ0) is 11.6. The number of β-amino-alcohol motifs (C(OH)–C–C–N with tert-alkyl or cyclic N) is 1. The summed E-state index contributed by atoms with van der Waals surface area (Å²) in [4.78, 5) is 0. The molecule has 90 valence electrons. The molecule has 1 atom stereocenters. The summed E-state index contributed by atoms with van der Waals surface area (Å²) in [6.07, 6.45) is 0.905. The predicted molar refractivity (Wildman–Crippen MR) is 63.9 cm³/mol. The highest BCUT2D eigenvalue weighted by Crippen LogP contribution is 2.21. The summed E-state index contributed by atoms with van der Waals surface area (Å²) in [5.74, 6) is 0.212. The number of thiophene rings is 1. The Labute approximate surface area is 99.6 Å². The Hall–Kier alpha value is -0.430. The largest absolute Gasteiger partial charge is 0.387 e. The van der Waals surface area contributed by atoms with Gasteiger partial charge in [0.2, 0.25) is 10.0 Å². The minimum Gasteiger partial charge on any atom is -0.387 e. The smallest absolute Gasteiger partial charge is 0.214 e. The maximum atomic E-state index is 11.7. The van der Waals surface area contributed by atoms with Crippen LogP contribution in [0.3, 0.4) is 0 Å². The number of aliphatic hydroxyl groups is 1. The third-order valence-corrected chi connectivity index (χ3v) is 5.38. The summed E-state index contributed by atoms with van der Waals surface area (Å²) in [5, 5.41) is 13.6. The second-order valence-corrected chi connectivity index (χ2v) is 6.82. The lowest BCUT2D eigenvalue weighted by Crippen LogP contribution is -2.40. The summed E-state index contributed by atoms with van der Waals surface area (Å²) >= 11 is 1.50. The molecule has 2 rings (SSSR count). The molecule has 0 aromatic carbocycles.